The molecule has 112 valence electrons. The number of nitrogens with zero attached hydrogens (tertiary/aromatic N) is 6. The van der Waals surface area contributed by atoms with Gasteiger partial charge in [0.15, 0.2) is 0 Å². The van der Waals surface area contributed by atoms with E-state index in [2.05, 4.69) is 25.5 Å². The van der Waals surface area contributed by atoms with Crippen molar-refractivity contribution in [2.24, 2.45) is 5.41 Å². The Labute approximate surface area is 122 Å². The fourth-order valence-corrected chi connectivity index (χ4v) is 2.01. The van der Waals surface area contributed by atoms with Crippen LogP contribution in [0.25, 0.3) is 11.5 Å². The summed E-state index contributed by atoms with van der Waals surface area (Å²) in [6, 6.07) is -0.386. The van der Waals surface area contributed by atoms with Crippen molar-refractivity contribution < 1.29 is 9.90 Å². The summed E-state index contributed by atoms with van der Waals surface area (Å²) >= 11 is 0. The minimum Gasteiger partial charge on any atom is -0.481 e. The van der Waals surface area contributed by atoms with E-state index in [9.17, 15) is 4.79 Å². The van der Waals surface area contributed by atoms with Crippen LogP contribution in [-0.2, 0) is 4.79 Å². The fourth-order valence-electron chi connectivity index (χ4n) is 2.01. The summed E-state index contributed by atoms with van der Waals surface area (Å²) < 4.78 is 1.52. The lowest BCUT2D eigenvalue weighted by atomic mass is 9.85. The highest BCUT2D eigenvalue weighted by molar-refractivity contribution is 5.67. The van der Waals surface area contributed by atoms with Crippen LogP contribution in [-0.4, -0.2) is 41.3 Å². The number of rotatable bonds is 4. The van der Waals surface area contributed by atoms with Gasteiger partial charge in [0.05, 0.1) is 24.4 Å². The first-order chi connectivity index (χ1) is 9.79. The maximum atomic E-state index is 11.1. The summed E-state index contributed by atoms with van der Waals surface area (Å²) in [5.41, 5.74) is 0.988. The van der Waals surface area contributed by atoms with E-state index in [0.717, 1.165) is 5.69 Å². The summed E-state index contributed by atoms with van der Waals surface area (Å²) in [6.07, 6.45) is 3.14. The van der Waals surface area contributed by atoms with E-state index in [1.165, 1.54) is 4.68 Å². The molecule has 0 saturated carbocycles. The molecule has 1 N–H and O–H groups in total. The quantitative estimate of drug-likeness (QED) is 0.909. The van der Waals surface area contributed by atoms with Gasteiger partial charge in [-0.15, -0.1) is 5.10 Å². The number of aromatic nitrogens is 6. The van der Waals surface area contributed by atoms with Gasteiger partial charge < -0.3 is 5.11 Å². The average molecular weight is 290 g/mol. The van der Waals surface area contributed by atoms with Gasteiger partial charge in [-0.25, -0.2) is 9.67 Å². The molecule has 0 fully saturated rings. The van der Waals surface area contributed by atoms with Gasteiger partial charge in [-0.05, 0) is 22.8 Å². The van der Waals surface area contributed by atoms with Crippen LogP contribution in [0.3, 0.4) is 0 Å². The van der Waals surface area contributed by atoms with E-state index in [4.69, 9.17) is 5.11 Å². The van der Waals surface area contributed by atoms with Crippen LogP contribution in [0.1, 0.15) is 38.9 Å². The molecule has 2 rings (SSSR count). The molecule has 8 nitrogen and oxygen atoms in total. The Morgan fingerprint density at radius 3 is 2.57 bits per heavy atom. The molecule has 0 amide bonds. The molecule has 0 aliphatic heterocycles. The second kappa shape index (κ2) is 5.55. The lowest BCUT2D eigenvalue weighted by Gasteiger charge is -2.29. The highest BCUT2D eigenvalue weighted by Gasteiger charge is 2.32. The molecule has 0 bridgehead atoms. The molecule has 0 aliphatic carbocycles. The lowest BCUT2D eigenvalue weighted by Crippen LogP contribution is -2.28. The summed E-state index contributed by atoms with van der Waals surface area (Å²) in [6.45, 7) is 7.69. The first kappa shape index (κ1) is 15.0. The van der Waals surface area contributed by atoms with Crippen LogP contribution in [0.4, 0.5) is 0 Å². The molecule has 0 saturated heterocycles. The zero-order chi connectivity index (χ0) is 15.6. The molecule has 0 radical (unpaired) electrons. The highest BCUT2D eigenvalue weighted by Crippen LogP contribution is 2.34. The van der Waals surface area contributed by atoms with Crippen LogP contribution >= 0.6 is 0 Å². The van der Waals surface area contributed by atoms with Gasteiger partial charge in [0, 0.05) is 6.20 Å². The predicted octanol–water partition coefficient (Wildman–Crippen LogP) is 1.50. The first-order valence-corrected chi connectivity index (χ1v) is 6.57. The Bertz CT molecular complexity index is 629. The molecule has 2 aromatic rings. The second-order valence-electron chi connectivity index (χ2n) is 5.97. The minimum absolute atomic E-state index is 0.0686. The van der Waals surface area contributed by atoms with E-state index in [0.29, 0.717) is 11.5 Å². The normalized spacial score (nSPS) is 13.1. The largest absolute Gasteiger partial charge is 0.481 e. The standard InChI is InChI=1S/C13H18N6O2/c1-8-6-15-9(7-14-8)12-16-17-18-19(12)10(5-11(20)21)13(2,3)4/h6-7,10H,5H2,1-4H3,(H,20,21). The van der Waals surface area contributed by atoms with Crippen LogP contribution in [0.2, 0.25) is 0 Å². The Balaban J connectivity index is 2.46. The van der Waals surface area contributed by atoms with E-state index >= 15 is 0 Å². The number of aliphatic carboxylic acids is 1. The second-order valence-corrected chi connectivity index (χ2v) is 5.97. The van der Waals surface area contributed by atoms with Crippen molar-refractivity contribution in [3.05, 3.63) is 18.1 Å². The number of hydrogen-bond acceptors (Lipinski definition) is 6. The SMILES string of the molecule is Cc1cnc(-c2nnnn2C(CC(=O)O)C(C)(C)C)cn1. The molecule has 21 heavy (non-hydrogen) atoms. The topological polar surface area (TPSA) is 107 Å². The predicted molar refractivity (Wildman–Crippen MR) is 74.3 cm³/mol. The number of aryl methyl sites for hydroxylation is 1. The molecule has 8 heteroatoms. The summed E-state index contributed by atoms with van der Waals surface area (Å²) in [5.74, 6) is -0.477. The fraction of sp³-hybridized carbons (Fsp3) is 0.538. The van der Waals surface area contributed by atoms with E-state index in [-0.39, 0.29) is 17.9 Å². The number of carbonyl (C=O) groups is 1. The molecule has 0 aliphatic rings. The number of hydrogen-bond donors (Lipinski definition) is 1. The van der Waals surface area contributed by atoms with E-state index in [1.807, 2.05) is 27.7 Å². The third kappa shape index (κ3) is 3.39. The molecule has 1 atom stereocenters. The van der Waals surface area contributed by atoms with Gasteiger partial charge in [-0.1, -0.05) is 20.8 Å². The van der Waals surface area contributed by atoms with Crippen molar-refractivity contribution in [3.63, 3.8) is 0 Å². The summed E-state index contributed by atoms with van der Waals surface area (Å²) in [5, 5.41) is 20.7. The van der Waals surface area contributed by atoms with E-state index in [1.54, 1.807) is 12.4 Å². The Morgan fingerprint density at radius 1 is 1.33 bits per heavy atom. The zero-order valence-electron chi connectivity index (χ0n) is 12.5. The average Bonchev–Trinajstić information content (AvgIpc) is 2.84. The van der Waals surface area contributed by atoms with Crippen LogP contribution in [0.15, 0.2) is 12.4 Å². The smallest absolute Gasteiger partial charge is 0.305 e. The van der Waals surface area contributed by atoms with Crippen LogP contribution in [0, 0.1) is 12.3 Å². The molecule has 0 spiro atoms. The maximum absolute atomic E-state index is 11.1. The molecule has 2 heterocycles. The van der Waals surface area contributed by atoms with Crippen molar-refractivity contribution in [2.75, 3.05) is 0 Å². The van der Waals surface area contributed by atoms with Gasteiger partial charge in [0.25, 0.3) is 0 Å². The number of carboxylic acid groups (broad SMARTS) is 1. The van der Waals surface area contributed by atoms with Gasteiger partial charge in [-0.2, -0.15) is 0 Å². The first-order valence-electron chi connectivity index (χ1n) is 6.57. The molecular formula is C13H18N6O2. The van der Waals surface area contributed by atoms with Gasteiger partial charge >= 0.3 is 5.97 Å². The number of tetrazole rings is 1. The minimum atomic E-state index is -0.897. The molecule has 2 aromatic heterocycles. The Kier molecular flexibility index (Phi) is 3.97. The maximum Gasteiger partial charge on any atom is 0.305 e. The summed E-state index contributed by atoms with van der Waals surface area (Å²) in [4.78, 5) is 19.6. The number of carboxylic acids is 1. The van der Waals surface area contributed by atoms with Gasteiger partial charge in [-0.3, -0.25) is 9.78 Å². The Hall–Kier alpha value is -2.38. The lowest BCUT2D eigenvalue weighted by molar-refractivity contribution is -0.138. The third-order valence-corrected chi connectivity index (χ3v) is 3.17. The van der Waals surface area contributed by atoms with Crippen LogP contribution < -0.4 is 0 Å². The van der Waals surface area contributed by atoms with Crippen molar-refractivity contribution in [2.45, 2.75) is 40.2 Å². The van der Waals surface area contributed by atoms with Crippen molar-refractivity contribution >= 4 is 5.97 Å². The Morgan fingerprint density at radius 2 is 2.05 bits per heavy atom. The van der Waals surface area contributed by atoms with Crippen molar-refractivity contribution in [1.82, 2.24) is 30.2 Å². The molecule has 1 unspecified atom stereocenters. The van der Waals surface area contributed by atoms with Crippen LogP contribution in [0.5, 0.6) is 0 Å². The zero-order valence-corrected chi connectivity index (χ0v) is 12.5. The molecule has 0 aromatic carbocycles. The van der Waals surface area contributed by atoms with Gasteiger partial charge in [0.2, 0.25) is 5.82 Å². The van der Waals surface area contributed by atoms with Crippen molar-refractivity contribution in [3.8, 4) is 11.5 Å². The highest BCUT2D eigenvalue weighted by atomic mass is 16.4. The summed E-state index contributed by atoms with van der Waals surface area (Å²) in [7, 11) is 0. The van der Waals surface area contributed by atoms with E-state index < -0.39 is 5.97 Å². The monoisotopic (exact) mass is 290 g/mol. The third-order valence-electron chi connectivity index (χ3n) is 3.17. The van der Waals surface area contributed by atoms with Gasteiger partial charge in [0.1, 0.15) is 5.69 Å². The van der Waals surface area contributed by atoms with Crippen molar-refractivity contribution in [1.29, 1.82) is 0 Å². The molecular weight excluding hydrogens is 272 g/mol.